The van der Waals surface area contributed by atoms with Crippen LogP contribution in [0.4, 0.5) is 0 Å². The highest BCUT2D eigenvalue weighted by atomic mass is 16.6. The van der Waals surface area contributed by atoms with Crippen molar-refractivity contribution in [2.75, 3.05) is 6.54 Å². The summed E-state index contributed by atoms with van der Waals surface area (Å²) in [7, 11) is -1.68. The Morgan fingerprint density at radius 3 is 2.68 bits per heavy atom. The molecule has 0 saturated heterocycles. The van der Waals surface area contributed by atoms with E-state index in [9.17, 15) is 24.5 Å². The van der Waals surface area contributed by atoms with E-state index in [2.05, 4.69) is 9.97 Å². The van der Waals surface area contributed by atoms with Crippen LogP contribution in [-0.2, 0) is 20.7 Å². The third kappa shape index (κ3) is 4.47. The van der Waals surface area contributed by atoms with Crippen molar-refractivity contribution in [3.63, 3.8) is 0 Å². The van der Waals surface area contributed by atoms with E-state index in [0.29, 0.717) is 0 Å². The number of amides is 1. The first kappa shape index (κ1) is 17.5. The van der Waals surface area contributed by atoms with Gasteiger partial charge in [-0.15, -0.1) is 0 Å². The van der Waals surface area contributed by atoms with Crippen LogP contribution in [0, 0.1) is 0 Å². The molecule has 0 aliphatic carbocycles. The van der Waals surface area contributed by atoms with E-state index < -0.39 is 30.7 Å². The van der Waals surface area contributed by atoms with Crippen molar-refractivity contribution in [2.45, 2.75) is 12.4 Å². The van der Waals surface area contributed by atoms with Crippen LogP contribution in [-0.4, -0.2) is 53.2 Å². The predicted molar refractivity (Wildman–Crippen MR) is 74.9 cm³/mol. The number of carboxylic acids is 1. The SMILES string of the molecule is NCC(=O)N[C@@H](Cc1cccc(C(=O)O)c1O)B(O)OC=O. The summed E-state index contributed by atoms with van der Waals surface area (Å²) in [4.78, 5) is 32.6. The lowest BCUT2D eigenvalue weighted by molar-refractivity contribution is -0.123. The molecule has 0 spiro atoms. The molecule has 1 aromatic rings. The third-order valence-corrected chi connectivity index (χ3v) is 2.86. The number of rotatable bonds is 8. The summed E-state index contributed by atoms with van der Waals surface area (Å²) in [6.45, 7) is -0.356. The highest BCUT2D eigenvalue weighted by molar-refractivity contribution is 6.47. The number of aromatic hydroxyl groups is 1. The number of carboxylic acid groups (broad SMARTS) is 1. The second kappa shape index (κ2) is 8.00. The van der Waals surface area contributed by atoms with Gasteiger partial charge in [0.15, 0.2) is 0 Å². The van der Waals surface area contributed by atoms with Crippen molar-refractivity contribution in [1.29, 1.82) is 0 Å². The summed E-state index contributed by atoms with van der Waals surface area (Å²) in [5.74, 6) is -3.55. The molecule has 9 nitrogen and oxygen atoms in total. The molecule has 1 aromatic carbocycles. The molecule has 1 amide bonds. The zero-order valence-electron chi connectivity index (χ0n) is 11.4. The van der Waals surface area contributed by atoms with E-state index in [1.165, 1.54) is 18.2 Å². The minimum absolute atomic E-state index is 0.000201. The van der Waals surface area contributed by atoms with Crippen LogP contribution in [0.15, 0.2) is 18.2 Å². The first-order valence-electron chi connectivity index (χ1n) is 6.21. The minimum atomic E-state index is -1.68. The summed E-state index contributed by atoms with van der Waals surface area (Å²) in [6, 6.07) is 4.01. The average molecular weight is 310 g/mol. The van der Waals surface area contributed by atoms with E-state index in [-0.39, 0.29) is 30.6 Å². The Morgan fingerprint density at radius 2 is 2.14 bits per heavy atom. The summed E-state index contributed by atoms with van der Waals surface area (Å²) < 4.78 is 4.36. The van der Waals surface area contributed by atoms with Gasteiger partial charge < -0.3 is 30.9 Å². The van der Waals surface area contributed by atoms with Gasteiger partial charge in [-0.05, 0) is 18.1 Å². The van der Waals surface area contributed by atoms with Crippen LogP contribution in [0.3, 0.4) is 0 Å². The quantitative estimate of drug-likeness (QED) is 0.280. The van der Waals surface area contributed by atoms with E-state index in [1.54, 1.807) is 0 Å². The van der Waals surface area contributed by atoms with Crippen LogP contribution in [0.5, 0.6) is 5.75 Å². The second-order valence-electron chi connectivity index (χ2n) is 4.32. The number of para-hydroxylation sites is 1. The fraction of sp³-hybridized carbons (Fsp3) is 0.250. The Kier molecular flexibility index (Phi) is 6.35. The van der Waals surface area contributed by atoms with Crippen LogP contribution in [0.1, 0.15) is 15.9 Å². The van der Waals surface area contributed by atoms with Crippen molar-refractivity contribution in [3.8, 4) is 5.75 Å². The van der Waals surface area contributed by atoms with E-state index in [0.717, 1.165) is 0 Å². The van der Waals surface area contributed by atoms with Gasteiger partial charge in [-0.25, -0.2) is 4.79 Å². The van der Waals surface area contributed by atoms with Crippen LogP contribution in [0.25, 0.3) is 0 Å². The molecule has 0 heterocycles. The Bertz CT molecular complexity index is 566. The lowest BCUT2D eigenvalue weighted by atomic mass is 9.75. The fourth-order valence-corrected chi connectivity index (χ4v) is 1.81. The lowest BCUT2D eigenvalue weighted by Crippen LogP contribution is -2.50. The average Bonchev–Trinajstić information content (AvgIpc) is 2.48. The number of carbonyl (C=O) groups is 3. The Hall–Kier alpha value is -2.59. The number of aromatic carboxylic acids is 1. The van der Waals surface area contributed by atoms with Gasteiger partial charge in [-0.3, -0.25) is 9.59 Å². The number of hydrogen-bond acceptors (Lipinski definition) is 7. The van der Waals surface area contributed by atoms with Gasteiger partial charge >= 0.3 is 13.1 Å². The third-order valence-electron chi connectivity index (χ3n) is 2.86. The number of nitrogens with one attached hydrogen (secondary N) is 1. The van der Waals surface area contributed by atoms with Gasteiger partial charge in [0.1, 0.15) is 11.3 Å². The van der Waals surface area contributed by atoms with Gasteiger partial charge in [-0.1, -0.05) is 12.1 Å². The first-order valence-corrected chi connectivity index (χ1v) is 6.21. The molecule has 10 heteroatoms. The Morgan fingerprint density at radius 1 is 1.45 bits per heavy atom. The number of nitrogens with two attached hydrogens (primary N) is 1. The maximum atomic E-state index is 11.3. The molecular weight excluding hydrogens is 295 g/mol. The molecule has 0 aromatic heterocycles. The summed E-state index contributed by atoms with van der Waals surface area (Å²) in [5.41, 5.74) is 4.97. The number of carbonyl (C=O) groups excluding carboxylic acids is 2. The van der Waals surface area contributed by atoms with Gasteiger partial charge in [0, 0.05) is 0 Å². The van der Waals surface area contributed by atoms with Gasteiger partial charge in [-0.2, -0.15) is 0 Å². The van der Waals surface area contributed by atoms with Crippen molar-refractivity contribution in [2.24, 2.45) is 5.73 Å². The van der Waals surface area contributed by atoms with Gasteiger partial charge in [0.05, 0.1) is 12.5 Å². The zero-order chi connectivity index (χ0) is 16.7. The molecule has 0 unspecified atom stereocenters. The molecule has 0 bridgehead atoms. The smallest absolute Gasteiger partial charge is 0.511 e. The summed E-state index contributed by atoms with van der Waals surface area (Å²) in [5, 5.41) is 30.8. The number of hydrogen-bond donors (Lipinski definition) is 5. The Balaban J connectivity index is 3.03. The minimum Gasteiger partial charge on any atom is -0.511 e. The maximum Gasteiger partial charge on any atom is 0.548 e. The molecule has 22 heavy (non-hydrogen) atoms. The normalized spacial score (nSPS) is 11.4. The monoisotopic (exact) mass is 310 g/mol. The van der Waals surface area contributed by atoms with E-state index in [1.807, 2.05) is 0 Å². The first-order chi connectivity index (χ1) is 10.4. The molecule has 1 rings (SSSR count). The largest absolute Gasteiger partial charge is 0.548 e. The van der Waals surface area contributed by atoms with Crippen molar-refractivity contribution >= 4 is 25.5 Å². The molecule has 0 aliphatic rings. The van der Waals surface area contributed by atoms with E-state index in [4.69, 9.17) is 10.8 Å². The van der Waals surface area contributed by atoms with Crippen molar-refractivity contribution < 1.29 is 34.3 Å². The van der Waals surface area contributed by atoms with Gasteiger partial charge in [0.2, 0.25) is 5.91 Å². The molecule has 0 fully saturated rings. The predicted octanol–water partition coefficient (Wildman–Crippen LogP) is -1.73. The molecular formula is C12H15BN2O7. The van der Waals surface area contributed by atoms with Crippen LogP contribution in [0.2, 0.25) is 0 Å². The van der Waals surface area contributed by atoms with Crippen LogP contribution >= 0.6 is 0 Å². The Labute approximate surface area is 125 Å². The second-order valence-corrected chi connectivity index (χ2v) is 4.32. The maximum absolute atomic E-state index is 11.3. The number of phenols is 1. The lowest BCUT2D eigenvalue weighted by Gasteiger charge is -2.20. The van der Waals surface area contributed by atoms with Crippen molar-refractivity contribution in [1.82, 2.24) is 5.32 Å². The van der Waals surface area contributed by atoms with Crippen LogP contribution < -0.4 is 11.1 Å². The molecule has 0 radical (unpaired) electrons. The highest BCUT2D eigenvalue weighted by Crippen LogP contribution is 2.24. The highest BCUT2D eigenvalue weighted by Gasteiger charge is 2.31. The molecule has 1 atom stereocenters. The number of benzene rings is 1. The molecule has 0 saturated carbocycles. The molecule has 6 N–H and O–H groups in total. The summed E-state index contributed by atoms with van der Waals surface area (Å²) in [6.07, 6.45) is -0.173. The van der Waals surface area contributed by atoms with Crippen molar-refractivity contribution in [3.05, 3.63) is 29.3 Å². The topological polar surface area (TPSA) is 159 Å². The fourth-order valence-electron chi connectivity index (χ4n) is 1.81. The van der Waals surface area contributed by atoms with E-state index >= 15 is 0 Å². The molecule has 0 aliphatic heterocycles. The summed E-state index contributed by atoms with van der Waals surface area (Å²) >= 11 is 0. The van der Waals surface area contributed by atoms with Gasteiger partial charge in [0.25, 0.3) is 6.47 Å². The molecule has 118 valence electrons. The zero-order valence-corrected chi connectivity index (χ0v) is 11.4. The standard InChI is InChI=1S/C12H15BN2O7/c14-5-10(17)15-9(13(21)22-6-16)4-7-2-1-3-8(11(7)18)12(19)20/h1-3,6,9,18,21H,4-5,14H2,(H,15,17)(H,19,20)/t9-/m0/s1.